The highest BCUT2D eigenvalue weighted by atomic mass is 79.9. The van der Waals surface area contributed by atoms with Crippen molar-refractivity contribution in [2.75, 3.05) is 5.32 Å². The number of rotatable bonds is 2. The smallest absolute Gasteiger partial charge is 0.227 e. The molecule has 2 rings (SSSR count). The molecule has 0 atom stereocenters. The van der Waals surface area contributed by atoms with E-state index in [-0.39, 0.29) is 11.8 Å². The highest BCUT2D eigenvalue weighted by molar-refractivity contribution is 9.10. The number of carbonyl (C=O) groups is 1. The van der Waals surface area contributed by atoms with Gasteiger partial charge in [-0.15, -0.1) is 0 Å². The topological polar surface area (TPSA) is 29.1 Å². The van der Waals surface area contributed by atoms with E-state index in [9.17, 15) is 4.79 Å². The summed E-state index contributed by atoms with van der Waals surface area (Å²) in [5, 5.41) is 3.02. The molecule has 0 aliphatic heterocycles. The van der Waals surface area contributed by atoms with Gasteiger partial charge >= 0.3 is 0 Å². The fourth-order valence-corrected chi connectivity index (χ4v) is 2.91. The molecule has 0 bridgehead atoms. The van der Waals surface area contributed by atoms with E-state index in [1.54, 1.807) is 0 Å². The van der Waals surface area contributed by atoms with E-state index in [0.29, 0.717) is 0 Å². The van der Waals surface area contributed by atoms with Crippen molar-refractivity contribution >= 4 is 27.5 Å². The van der Waals surface area contributed by atoms with Crippen molar-refractivity contribution in [2.24, 2.45) is 5.92 Å². The first kappa shape index (κ1) is 12.6. The molecular formula is C14H18BrNO. The molecule has 3 heteroatoms. The number of hydrogen-bond acceptors (Lipinski definition) is 1. The van der Waals surface area contributed by atoms with Crippen LogP contribution in [-0.2, 0) is 4.79 Å². The van der Waals surface area contributed by atoms with Crippen LogP contribution in [0.4, 0.5) is 5.69 Å². The third kappa shape index (κ3) is 3.32. The number of aryl methyl sites for hydroxylation is 1. The second-order valence-electron chi connectivity index (χ2n) is 4.81. The van der Waals surface area contributed by atoms with Crippen LogP contribution in [0.15, 0.2) is 22.7 Å². The minimum Gasteiger partial charge on any atom is -0.325 e. The summed E-state index contributed by atoms with van der Waals surface area (Å²) in [5.74, 6) is 0.381. The Morgan fingerprint density at radius 1 is 1.29 bits per heavy atom. The number of amides is 1. The van der Waals surface area contributed by atoms with Gasteiger partial charge in [0.25, 0.3) is 0 Å². The lowest BCUT2D eigenvalue weighted by Crippen LogP contribution is -2.24. The average molecular weight is 296 g/mol. The average Bonchev–Trinajstić information content (AvgIpc) is 2.34. The Labute approximate surface area is 111 Å². The van der Waals surface area contributed by atoms with Crippen LogP contribution >= 0.6 is 15.9 Å². The van der Waals surface area contributed by atoms with Crippen LogP contribution in [0.25, 0.3) is 0 Å². The molecule has 0 aromatic heterocycles. The number of carbonyl (C=O) groups excluding carboxylic acids is 1. The molecule has 0 heterocycles. The van der Waals surface area contributed by atoms with Crippen molar-refractivity contribution in [1.29, 1.82) is 0 Å². The molecule has 2 nitrogen and oxygen atoms in total. The standard InChI is InChI=1S/C14H18BrNO/c1-10-7-8-13(12(15)9-10)16-14(17)11-5-3-2-4-6-11/h7-9,11H,2-6H2,1H3,(H,16,17). The van der Waals surface area contributed by atoms with E-state index in [4.69, 9.17) is 0 Å². The first-order chi connectivity index (χ1) is 8.16. The molecular weight excluding hydrogens is 278 g/mol. The Kier molecular flexibility index (Phi) is 4.21. The van der Waals surface area contributed by atoms with Crippen LogP contribution in [0.5, 0.6) is 0 Å². The van der Waals surface area contributed by atoms with Crippen molar-refractivity contribution in [1.82, 2.24) is 0 Å². The van der Waals surface area contributed by atoms with Gasteiger partial charge in [-0.2, -0.15) is 0 Å². The summed E-state index contributed by atoms with van der Waals surface area (Å²) in [6.07, 6.45) is 5.73. The van der Waals surface area contributed by atoms with Gasteiger partial charge in [0.05, 0.1) is 5.69 Å². The van der Waals surface area contributed by atoms with Gasteiger partial charge in [-0.25, -0.2) is 0 Å². The zero-order valence-corrected chi connectivity index (χ0v) is 11.7. The fraction of sp³-hybridized carbons (Fsp3) is 0.500. The summed E-state index contributed by atoms with van der Waals surface area (Å²) in [6.45, 7) is 2.04. The molecule has 92 valence electrons. The fourth-order valence-electron chi connectivity index (χ4n) is 2.32. The zero-order chi connectivity index (χ0) is 12.3. The Bertz CT molecular complexity index is 411. The van der Waals surface area contributed by atoms with Crippen LogP contribution < -0.4 is 5.32 Å². The molecule has 1 aliphatic rings. The predicted molar refractivity (Wildman–Crippen MR) is 74.1 cm³/mol. The molecule has 1 amide bonds. The number of hydrogen-bond donors (Lipinski definition) is 1. The normalized spacial score (nSPS) is 16.8. The van der Waals surface area contributed by atoms with E-state index in [0.717, 1.165) is 23.0 Å². The van der Waals surface area contributed by atoms with Crippen molar-refractivity contribution < 1.29 is 4.79 Å². The van der Waals surface area contributed by atoms with Gasteiger partial charge in [0.2, 0.25) is 5.91 Å². The molecule has 0 radical (unpaired) electrons. The summed E-state index contributed by atoms with van der Waals surface area (Å²) < 4.78 is 0.960. The van der Waals surface area contributed by atoms with Gasteiger partial charge in [-0.1, -0.05) is 25.3 Å². The number of nitrogens with one attached hydrogen (secondary N) is 1. The van der Waals surface area contributed by atoms with Crippen LogP contribution in [0.2, 0.25) is 0 Å². The van der Waals surface area contributed by atoms with Gasteiger partial charge in [0.1, 0.15) is 0 Å². The third-order valence-electron chi connectivity index (χ3n) is 3.36. The van der Waals surface area contributed by atoms with E-state index in [1.807, 2.05) is 25.1 Å². The minimum atomic E-state index is 0.175. The molecule has 1 saturated carbocycles. The lowest BCUT2D eigenvalue weighted by Gasteiger charge is -2.21. The largest absolute Gasteiger partial charge is 0.325 e. The monoisotopic (exact) mass is 295 g/mol. The van der Waals surface area contributed by atoms with Crippen molar-refractivity contribution in [3.63, 3.8) is 0 Å². The van der Waals surface area contributed by atoms with Gasteiger partial charge in [0, 0.05) is 10.4 Å². The molecule has 1 aliphatic carbocycles. The molecule has 0 saturated heterocycles. The van der Waals surface area contributed by atoms with Gasteiger partial charge in [0.15, 0.2) is 0 Å². The molecule has 0 unspecified atom stereocenters. The highest BCUT2D eigenvalue weighted by Gasteiger charge is 2.21. The lowest BCUT2D eigenvalue weighted by molar-refractivity contribution is -0.120. The molecule has 1 N–H and O–H groups in total. The molecule has 17 heavy (non-hydrogen) atoms. The lowest BCUT2D eigenvalue weighted by atomic mass is 9.88. The van der Waals surface area contributed by atoms with Crippen LogP contribution in [0, 0.1) is 12.8 Å². The Morgan fingerprint density at radius 2 is 2.00 bits per heavy atom. The van der Waals surface area contributed by atoms with Gasteiger partial charge in [-0.3, -0.25) is 4.79 Å². The van der Waals surface area contributed by atoms with E-state index in [1.165, 1.54) is 24.8 Å². The van der Waals surface area contributed by atoms with Crippen LogP contribution in [-0.4, -0.2) is 5.91 Å². The summed E-state index contributed by atoms with van der Waals surface area (Å²) in [5.41, 5.74) is 2.07. The maximum atomic E-state index is 12.1. The van der Waals surface area contributed by atoms with E-state index >= 15 is 0 Å². The summed E-state index contributed by atoms with van der Waals surface area (Å²) in [4.78, 5) is 12.1. The first-order valence-corrected chi connectivity index (χ1v) is 7.03. The van der Waals surface area contributed by atoms with E-state index < -0.39 is 0 Å². The van der Waals surface area contributed by atoms with E-state index in [2.05, 4.69) is 21.2 Å². The van der Waals surface area contributed by atoms with Crippen LogP contribution in [0.1, 0.15) is 37.7 Å². The number of benzene rings is 1. The Morgan fingerprint density at radius 3 is 2.65 bits per heavy atom. The van der Waals surface area contributed by atoms with Gasteiger partial charge < -0.3 is 5.32 Å². The maximum absolute atomic E-state index is 12.1. The SMILES string of the molecule is Cc1ccc(NC(=O)C2CCCCC2)c(Br)c1. The second kappa shape index (κ2) is 5.67. The summed E-state index contributed by atoms with van der Waals surface area (Å²) in [7, 11) is 0. The number of anilines is 1. The minimum absolute atomic E-state index is 0.175. The molecule has 0 spiro atoms. The summed E-state index contributed by atoms with van der Waals surface area (Å²) in [6, 6.07) is 6.00. The predicted octanol–water partition coefficient (Wildman–Crippen LogP) is 4.28. The van der Waals surface area contributed by atoms with Crippen molar-refractivity contribution in [3.8, 4) is 0 Å². The summed E-state index contributed by atoms with van der Waals surface area (Å²) >= 11 is 3.48. The molecule has 1 fully saturated rings. The van der Waals surface area contributed by atoms with Crippen molar-refractivity contribution in [2.45, 2.75) is 39.0 Å². The Balaban J connectivity index is 2.02. The zero-order valence-electron chi connectivity index (χ0n) is 10.1. The highest BCUT2D eigenvalue weighted by Crippen LogP contribution is 2.27. The molecule has 1 aromatic carbocycles. The van der Waals surface area contributed by atoms with Gasteiger partial charge in [-0.05, 0) is 53.4 Å². The quantitative estimate of drug-likeness (QED) is 0.867. The van der Waals surface area contributed by atoms with Crippen LogP contribution in [0.3, 0.4) is 0 Å². The second-order valence-corrected chi connectivity index (χ2v) is 5.66. The first-order valence-electron chi connectivity index (χ1n) is 6.24. The third-order valence-corrected chi connectivity index (χ3v) is 4.01. The Hall–Kier alpha value is -0.830. The number of halogens is 1. The maximum Gasteiger partial charge on any atom is 0.227 e. The van der Waals surface area contributed by atoms with Crippen molar-refractivity contribution in [3.05, 3.63) is 28.2 Å². The molecule has 1 aromatic rings.